The van der Waals surface area contributed by atoms with E-state index >= 15 is 0 Å². The number of nitrogens with zero attached hydrogens (tertiary/aromatic N) is 1. The van der Waals surface area contributed by atoms with E-state index in [1.54, 1.807) is 28.6 Å². The summed E-state index contributed by atoms with van der Waals surface area (Å²) < 4.78 is 27.2. The van der Waals surface area contributed by atoms with Crippen LogP contribution in [0.25, 0.3) is 0 Å². The molecule has 2 unspecified atom stereocenters. The van der Waals surface area contributed by atoms with Crippen LogP contribution < -0.4 is 5.73 Å². The Morgan fingerprint density at radius 2 is 2.14 bits per heavy atom. The van der Waals surface area contributed by atoms with Gasteiger partial charge in [-0.05, 0) is 43.9 Å². The summed E-state index contributed by atoms with van der Waals surface area (Å²) in [4.78, 5) is 0.313. The third kappa shape index (κ3) is 3.65. The van der Waals surface area contributed by atoms with E-state index in [1.807, 2.05) is 6.92 Å². The van der Waals surface area contributed by atoms with Gasteiger partial charge >= 0.3 is 0 Å². The lowest BCUT2D eigenvalue weighted by Gasteiger charge is -2.35. The number of piperidine rings is 1. The second-order valence-electron chi connectivity index (χ2n) is 5.63. The van der Waals surface area contributed by atoms with Crippen molar-refractivity contribution in [3.63, 3.8) is 0 Å². The Kier molecular flexibility index (Phi) is 5.04. The summed E-state index contributed by atoms with van der Waals surface area (Å²) in [6.07, 6.45) is 1.82. The number of rotatable bonds is 2. The maximum absolute atomic E-state index is 12.8. The molecule has 1 aromatic carbocycles. The van der Waals surface area contributed by atoms with Crippen LogP contribution in [0.15, 0.2) is 29.2 Å². The number of sulfonamides is 1. The largest absolute Gasteiger partial charge is 0.320 e. The fourth-order valence-corrected chi connectivity index (χ4v) is 4.47. The minimum atomic E-state index is -3.45. The van der Waals surface area contributed by atoms with Gasteiger partial charge < -0.3 is 5.73 Å². The van der Waals surface area contributed by atoms with Gasteiger partial charge in [0.2, 0.25) is 10.0 Å². The predicted molar refractivity (Wildman–Crippen MR) is 84.1 cm³/mol. The molecule has 5 heteroatoms. The van der Waals surface area contributed by atoms with Crippen molar-refractivity contribution in [2.75, 3.05) is 13.1 Å². The minimum absolute atomic E-state index is 0.0394. The van der Waals surface area contributed by atoms with Crippen LogP contribution in [0.4, 0.5) is 0 Å². The Bertz CT molecular complexity index is 658. The zero-order valence-corrected chi connectivity index (χ0v) is 13.4. The van der Waals surface area contributed by atoms with Crippen LogP contribution in [0.3, 0.4) is 0 Å². The Morgan fingerprint density at radius 3 is 2.81 bits per heavy atom. The van der Waals surface area contributed by atoms with Gasteiger partial charge in [-0.1, -0.05) is 24.8 Å². The summed E-state index contributed by atoms with van der Waals surface area (Å²) in [5, 5.41) is 0. The third-order valence-corrected chi connectivity index (χ3v) is 5.86. The molecule has 4 nitrogen and oxygen atoms in total. The second-order valence-corrected chi connectivity index (χ2v) is 7.52. The fraction of sp³-hybridized carbons (Fsp3) is 0.500. The van der Waals surface area contributed by atoms with E-state index in [2.05, 4.69) is 18.8 Å². The van der Waals surface area contributed by atoms with Crippen molar-refractivity contribution < 1.29 is 8.42 Å². The van der Waals surface area contributed by atoms with Gasteiger partial charge in [-0.3, -0.25) is 0 Å². The molecule has 1 heterocycles. The quantitative estimate of drug-likeness (QED) is 0.848. The highest BCUT2D eigenvalue weighted by molar-refractivity contribution is 7.89. The first-order chi connectivity index (χ1) is 9.95. The number of nitrogens with two attached hydrogens (primary N) is 1. The van der Waals surface area contributed by atoms with Crippen molar-refractivity contribution in [2.24, 2.45) is 11.7 Å². The van der Waals surface area contributed by atoms with Crippen molar-refractivity contribution in [3.8, 4) is 11.8 Å². The first-order valence-corrected chi connectivity index (χ1v) is 8.70. The topological polar surface area (TPSA) is 63.4 Å². The van der Waals surface area contributed by atoms with Crippen LogP contribution in [0.2, 0.25) is 0 Å². The molecule has 0 amide bonds. The van der Waals surface area contributed by atoms with Gasteiger partial charge in [-0.2, -0.15) is 4.31 Å². The van der Waals surface area contributed by atoms with E-state index in [-0.39, 0.29) is 12.6 Å². The Balaban J connectivity index is 2.31. The lowest BCUT2D eigenvalue weighted by Crippen LogP contribution is -2.44. The van der Waals surface area contributed by atoms with E-state index in [1.165, 1.54) is 0 Å². The number of hydrogen-bond acceptors (Lipinski definition) is 3. The molecule has 0 spiro atoms. The first kappa shape index (κ1) is 16.0. The molecule has 1 fully saturated rings. The van der Waals surface area contributed by atoms with Gasteiger partial charge in [0, 0.05) is 18.2 Å². The van der Waals surface area contributed by atoms with Crippen molar-refractivity contribution in [1.29, 1.82) is 0 Å². The van der Waals surface area contributed by atoms with Gasteiger partial charge in [0.1, 0.15) is 0 Å². The highest BCUT2D eigenvalue weighted by atomic mass is 32.2. The molecule has 1 aliphatic heterocycles. The maximum Gasteiger partial charge on any atom is 0.243 e. The molecule has 2 rings (SSSR count). The van der Waals surface area contributed by atoms with E-state index in [0.717, 1.165) is 12.8 Å². The zero-order valence-electron chi connectivity index (χ0n) is 12.5. The Morgan fingerprint density at radius 1 is 1.38 bits per heavy atom. The molecule has 0 aromatic heterocycles. The highest BCUT2D eigenvalue weighted by Crippen LogP contribution is 2.28. The van der Waals surface area contributed by atoms with Gasteiger partial charge in [-0.25, -0.2) is 8.42 Å². The van der Waals surface area contributed by atoms with Crippen molar-refractivity contribution >= 4 is 10.0 Å². The number of benzene rings is 1. The van der Waals surface area contributed by atoms with Gasteiger partial charge in [-0.15, -0.1) is 0 Å². The standard InChI is InChI=1S/C16H22N2O2S/c1-13-8-10-18(14(2)11-13)21(19,20)16-7-3-5-15(12-16)6-4-9-17/h3,5,7,12-14H,8-11,17H2,1-2H3. The lowest BCUT2D eigenvalue weighted by molar-refractivity contribution is 0.220. The predicted octanol–water partition coefficient (Wildman–Crippen LogP) is 1.81. The van der Waals surface area contributed by atoms with Crippen LogP contribution in [0, 0.1) is 17.8 Å². The molecule has 1 saturated heterocycles. The molecule has 0 aliphatic carbocycles. The van der Waals surface area contributed by atoms with Crippen LogP contribution >= 0.6 is 0 Å². The summed E-state index contributed by atoms with van der Waals surface area (Å²) >= 11 is 0. The molecule has 0 radical (unpaired) electrons. The van der Waals surface area contributed by atoms with Crippen LogP contribution in [-0.2, 0) is 10.0 Å². The van der Waals surface area contributed by atoms with Crippen LogP contribution in [-0.4, -0.2) is 31.9 Å². The van der Waals surface area contributed by atoms with E-state index in [4.69, 9.17) is 5.73 Å². The molecule has 0 saturated carbocycles. The first-order valence-electron chi connectivity index (χ1n) is 7.26. The molecule has 114 valence electrons. The smallest absolute Gasteiger partial charge is 0.243 e. The van der Waals surface area contributed by atoms with Crippen molar-refractivity contribution in [3.05, 3.63) is 29.8 Å². The summed E-state index contributed by atoms with van der Waals surface area (Å²) in [6, 6.07) is 6.82. The SMILES string of the molecule is CC1CCN(S(=O)(=O)c2cccc(C#CCN)c2)C(C)C1. The normalized spacial score (nSPS) is 23.4. The molecule has 1 aliphatic rings. The lowest BCUT2D eigenvalue weighted by atomic mass is 9.95. The average Bonchev–Trinajstić information content (AvgIpc) is 2.45. The third-order valence-electron chi connectivity index (χ3n) is 3.85. The van der Waals surface area contributed by atoms with Crippen LogP contribution in [0.5, 0.6) is 0 Å². The Labute approximate surface area is 127 Å². The van der Waals surface area contributed by atoms with Crippen LogP contribution in [0.1, 0.15) is 32.3 Å². The number of hydrogen-bond donors (Lipinski definition) is 1. The molecular weight excluding hydrogens is 284 g/mol. The summed E-state index contributed by atoms with van der Waals surface area (Å²) in [5.41, 5.74) is 6.03. The fourth-order valence-electron chi connectivity index (χ4n) is 2.77. The monoisotopic (exact) mass is 306 g/mol. The molecule has 1 aromatic rings. The van der Waals surface area contributed by atoms with Gasteiger partial charge in [0.05, 0.1) is 11.4 Å². The second kappa shape index (κ2) is 6.61. The average molecular weight is 306 g/mol. The Hall–Kier alpha value is -1.35. The molecule has 21 heavy (non-hydrogen) atoms. The van der Waals surface area contributed by atoms with E-state index in [0.29, 0.717) is 22.9 Å². The minimum Gasteiger partial charge on any atom is -0.320 e. The van der Waals surface area contributed by atoms with Gasteiger partial charge in [0.25, 0.3) is 0 Å². The highest BCUT2D eigenvalue weighted by Gasteiger charge is 2.33. The molecule has 2 N–H and O–H groups in total. The van der Waals surface area contributed by atoms with Crippen molar-refractivity contribution in [1.82, 2.24) is 4.31 Å². The molecule has 0 bridgehead atoms. The van der Waals surface area contributed by atoms with Gasteiger partial charge in [0.15, 0.2) is 0 Å². The summed E-state index contributed by atoms with van der Waals surface area (Å²) in [7, 11) is -3.45. The van der Waals surface area contributed by atoms with Crippen molar-refractivity contribution in [2.45, 2.75) is 37.6 Å². The van der Waals surface area contributed by atoms with E-state index < -0.39 is 10.0 Å². The molecular formula is C16H22N2O2S. The zero-order chi connectivity index (χ0) is 15.5. The summed E-state index contributed by atoms with van der Waals surface area (Å²) in [6.45, 7) is 5.00. The molecule has 2 atom stereocenters. The summed E-state index contributed by atoms with van der Waals surface area (Å²) in [5.74, 6) is 6.20. The maximum atomic E-state index is 12.8. The van der Waals surface area contributed by atoms with E-state index in [9.17, 15) is 8.42 Å².